The van der Waals surface area contributed by atoms with Crippen molar-refractivity contribution in [1.82, 2.24) is 10.2 Å². The lowest BCUT2D eigenvalue weighted by Gasteiger charge is -2.25. The number of carbonyl (C=O) groups excluding carboxylic acids is 1. The number of rotatable bonds is 3. The molecule has 66 valence electrons. The van der Waals surface area contributed by atoms with Crippen LogP contribution in [0, 0.1) is 5.92 Å². The molecule has 3 nitrogen and oxygen atoms in total. The van der Waals surface area contributed by atoms with Gasteiger partial charge in [0.1, 0.15) is 0 Å². The van der Waals surface area contributed by atoms with E-state index in [1.54, 1.807) is 7.05 Å². The number of nitrogens with one attached hydrogen (secondary N) is 1. The van der Waals surface area contributed by atoms with Gasteiger partial charge < -0.3 is 5.32 Å². The van der Waals surface area contributed by atoms with E-state index in [1.165, 1.54) is 0 Å². The molecule has 3 heteroatoms. The fourth-order valence-electron chi connectivity index (χ4n) is 1.28. The van der Waals surface area contributed by atoms with E-state index in [4.69, 9.17) is 0 Å². The number of hydrogen-bond donors (Lipinski definition) is 1. The maximum atomic E-state index is 11.2. The van der Waals surface area contributed by atoms with Gasteiger partial charge in [-0.1, -0.05) is 13.8 Å². The first-order valence-corrected chi connectivity index (χ1v) is 3.88. The van der Waals surface area contributed by atoms with Crippen molar-refractivity contribution >= 4 is 5.91 Å². The number of carbonyl (C=O) groups is 1. The maximum absolute atomic E-state index is 11.2. The molecule has 0 aliphatic carbocycles. The summed E-state index contributed by atoms with van der Waals surface area (Å²) in [7, 11) is 5.50. The molecule has 1 unspecified atom stereocenters. The van der Waals surface area contributed by atoms with Gasteiger partial charge in [-0.3, -0.25) is 9.69 Å². The molecule has 0 spiro atoms. The molecular weight excluding hydrogens is 140 g/mol. The second-order valence-corrected chi connectivity index (χ2v) is 3.27. The van der Waals surface area contributed by atoms with Gasteiger partial charge in [0.15, 0.2) is 0 Å². The lowest BCUT2D eigenvalue weighted by atomic mass is 10.0. The molecule has 11 heavy (non-hydrogen) atoms. The molecule has 0 saturated carbocycles. The minimum absolute atomic E-state index is 0.0139. The highest BCUT2D eigenvalue weighted by molar-refractivity contribution is 5.81. The van der Waals surface area contributed by atoms with Crippen molar-refractivity contribution in [3.8, 4) is 0 Å². The molecule has 0 aliphatic heterocycles. The van der Waals surface area contributed by atoms with E-state index in [0.717, 1.165) is 0 Å². The Bertz CT molecular complexity index is 124. The fourth-order valence-corrected chi connectivity index (χ4v) is 1.28. The van der Waals surface area contributed by atoms with Crippen molar-refractivity contribution < 1.29 is 4.79 Å². The van der Waals surface area contributed by atoms with Crippen LogP contribution in [0.1, 0.15) is 13.8 Å². The van der Waals surface area contributed by atoms with Crippen molar-refractivity contribution in [2.24, 2.45) is 5.92 Å². The van der Waals surface area contributed by atoms with Crippen LogP contribution in [-0.2, 0) is 4.79 Å². The van der Waals surface area contributed by atoms with Crippen molar-refractivity contribution in [3.63, 3.8) is 0 Å². The number of nitrogens with zero attached hydrogens (tertiary/aromatic N) is 1. The standard InChI is InChI=1S/C8H18N2O/c1-6(2)7(10(4)5)8(11)9-3/h6-7H,1-5H3,(H,9,11). The Morgan fingerprint density at radius 3 is 1.91 bits per heavy atom. The SMILES string of the molecule is CNC(=O)C(C(C)C)N(C)C. The fraction of sp³-hybridized carbons (Fsp3) is 0.875. The van der Waals surface area contributed by atoms with Crippen LogP contribution in [0.15, 0.2) is 0 Å². The number of hydrogen-bond acceptors (Lipinski definition) is 2. The van der Waals surface area contributed by atoms with E-state index < -0.39 is 0 Å². The summed E-state index contributed by atoms with van der Waals surface area (Å²) in [6, 6.07) is -0.0139. The van der Waals surface area contributed by atoms with Crippen LogP contribution in [0.2, 0.25) is 0 Å². The number of likely N-dealkylation sites (N-methyl/N-ethyl adjacent to an activating group) is 2. The molecule has 0 aliphatic rings. The minimum atomic E-state index is -0.0139. The molecule has 0 heterocycles. The molecule has 0 aromatic heterocycles. The van der Waals surface area contributed by atoms with E-state index >= 15 is 0 Å². The summed E-state index contributed by atoms with van der Waals surface area (Å²) in [5, 5.41) is 2.65. The monoisotopic (exact) mass is 158 g/mol. The largest absolute Gasteiger partial charge is 0.358 e. The van der Waals surface area contributed by atoms with Gasteiger partial charge in [-0.15, -0.1) is 0 Å². The van der Waals surface area contributed by atoms with Gasteiger partial charge >= 0.3 is 0 Å². The van der Waals surface area contributed by atoms with Crippen molar-refractivity contribution in [2.75, 3.05) is 21.1 Å². The third kappa shape index (κ3) is 2.89. The van der Waals surface area contributed by atoms with Gasteiger partial charge in [0.2, 0.25) is 5.91 Å². The smallest absolute Gasteiger partial charge is 0.237 e. The second kappa shape index (κ2) is 4.34. The van der Waals surface area contributed by atoms with Crippen LogP contribution in [0.5, 0.6) is 0 Å². The molecule has 1 atom stereocenters. The van der Waals surface area contributed by atoms with Gasteiger partial charge in [0.25, 0.3) is 0 Å². The molecular formula is C8H18N2O. The Hall–Kier alpha value is -0.570. The quantitative estimate of drug-likeness (QED) is 0.641. The first-order chi connectivity index (χ1) is 5.00. The molecule has 0 aromatic carbocycles. The Kier molecular flexibility index (Phi) is 4.11. The molecule has 0 saturated heterocycles. The third-order valence-electron chi connectivity index (χ3n) is 1.70. The lowest BCUT2D eigenvalue weighted by molar-refractivity contribution is -0.126. The Balaban J connectivity index is 4.22. The van der Waals surface area contributed by atoms with Gasteiger partial charge in [0, 0.05) is 7.05 Å². The topological polar surface area (TPSA) is 32.3 Å². The highest BCUT2D eigenvalue weighted by Gasteiger charge is 2.22. The van der Waals surface area contributed by atoms with Crippen molar-refractivity contribution in [1.29, 1.82) is 0 Å². The molecule has 0 radical (unpaired) electrons. The highest BCUT2D eigenvalue weighted by Crippen LogP contribution is 2.06. The molecule has 0 bridgehead atoms. The van der Waals surface area contributed by atoms with Gasteiger partial charge in [-0.05, 0) is 20.0 Å². The van der Waals surface area contributed by atoms with Crippen molar-refractivity contribution in [3.05, 3.63) is 0 Å². The normalized spacial score (nSPS) is 13.7. The molecule has 1 N–H and O–H groups in total. The summed E-state index contributed by atoms with van der Waals surface area (Å²) in [6.45, 7) is 4.08. The lowest BCUT2D eigenvalue weighted by Crippen LogP contribution is -2.45. The molecule has 0 aromatic rings. The predicted molar refractivity (Wildman–Crippen MR) is 46.4 cm³/mol. The minimum Gasteiger partial charge on any atom is -0.358 e. The molecule has 0 rings (SSSR count). The summed E-state index contributed by atoms with van der Waals surface area (Å²) in [4.78, 5) is 13.2. The third-order valence-corrected chi connectivity index (χ3v) is 1.70. The highest BCUT2D eigenvalue weighted by atomic mass is 16.2. The summed E-state index contributed by atoms with van der Waals surface area (Å²) in [5.74, 6) is 0.440. The van der Waals surface area contributed by atoms with E-state index in [-0.39, 0.29) is 11.9 Å². The van der Waals surface area contributed by atoms with E-state index in [1.807, 2.05) is 32.8 Å². The van der Waals surface area contributed by atoms with Gasteiger partial charge in [-0.2, -0.15) is 0 Å². The van der Waals surface area contributed by atoms with E-state index in [9.17, 15) is 4.79 Å². The Morgan fingerprint density at radius 1 is 1.36 bits per heavy atom. The summed E-state index contributed by atoms with van der Waals surface area (Å²) >= 11 is 0. The average molecular weight is 158 g/mol. The average Bonchev–Trinajstić information content (AvgIpc) is 1.85. The van der Waals surface area contributed by atoms with Crippen LogP contribution in [0.25, 0.3) is 0 Å². The Labute approximate surface area is 68.8 Å². The van der Waals surface area contributed by atoms with E-state index in [0.29, 0.717) is 5.92 Å². The van der Waals surface area contributed by atoms with Gasteiger partial charge in [-0.25, -0.2) is 0 Å². The first kappa shape index (κ1) is 10.4. The predicted octanol–water partition coefficient (Wildman–Crippen LogP) is 0.319. The molecule has 1 amide bonds. The van der Waals surface area contributed by atoms with E-state index in [2.05, 4.69) is 5.32 Å². The van der Waals surface area contributed by atoms with Gasteiger partial charge in [0.05, 0.1) is 6.04 Å². The summed E-state index contributed by atoms with van der Waals surface area (Å²) < 4.78 is 0. The number of amides is 1. The zero-order valence-electron chi connectivity index (χ0n) is 8.01. The van der Waals surface area contributed by atoms with Crippen LogP contribution >= 0.6 is 0 Å². The zero-order chi connectivity index (χ0) is 9.02. The van der Waals surface area contributed by atoms with Crippen LogP contribution in [-0.4, -0.2) is 38.0 Å². The summed E-state index contributed by atoms with van der Waals surface area (Å²) in [5.41, 5.74) is 0. The van der Waals surface area contributed by atoms with Crippen LogP contribution in [0.3, 0.4) is 0 Å². The second-order valence-electron chi connectivity index (χ2n) is 3.27. The summed E-state index contributed by atoms with van der Waals surface area (Å²) in [6.07, 6.45) is 0. The Morgan fingerprint density at radius 2 is 1.82 bits per heavy atom. The molecule has 0 fully saturated rings. The maximum Gasteiger partial charge on any atom is 0.237 e. The van der Waals surface area contributed by atoms with Crippen LogP contribution in [0.4, 0.5) is 0 Å². The zero-order valence-corrected chi connectivity index (χ0v) is 8.01. The first-order valence-electron chi connectivity index (χ1n) is 3.88. The van der Waals surface area contributed by atoms with Crippen LogP contribution < -0.4 is 5.32 Å². The van der Waals surface area contributed by atoms with Crippen molar-refractivity contribution in [2.45, 2.75) is 19.9 Å².